The second kappa shape index (κ2) is 5.21. The minimum absolute atomic E-state index is 0.426. The van der Waals surface area contributed by atoms with Gasteiger partial charge in [-0.2, -0.15) is 4.39 Å². The number of hydrogen-bond donors (Lipinski definition) is 2. The van der Waals surface area contributed by atoms with Crippen molar-refractivity contribution in [3.8, 4) is 0 Å². The Balaban J connectivity index is 2.92. The summed E-state index contributed by atoms with van der Waals surface area (Å²) in [5, 5.41) is 8.64. The molecule has 1 aromatic rings. The first-order chi connectivity index (χ1) is 7.15. The topological polar surface area (TPSA) is 76.2 Å². The molecular formula is C10H11FN2O2. The Morgan fingerprint density at radius 2 is 2.40 bits per heavy atom. The van der Waals surface area contributed by atoms with E-state index in [2.05, 4.69) is 4.98 Å². The van der Waals surface area contributed by atoms with Crippen molar-refractivity contribution in [2.75, 3.05) is 6.54 Å². The predicted molar refractivity (Wildman–Crippen MR) is 53.9 cm³/mol. The molecule has 0 unspecified atom stereocenters. The van der Waals surface area contributed by atoms with Crippen molar-refractivity contribution in [3.05, 3.63) is 35.4 Å². The van der Waals surface area contributed by atoms with Crippen LogP contribution in [0.1, 0.15) is 22.3 Å². The van der Waals surface area contributed by atoms with E-state index in [1.807, 2.05) is 0 Å². The molecule has 0 fully saturated rings. The van der Waals surface area contributed by atoms with E-state index >= 15 is 0 Å². The highest BCUT2D eigenvalue weighted by Crippen LogP contribution is 2.09. The summed E-state index contributed by atoms with van der Waals surface area (Å²) in [5.74, 6) is -2.30. The number of halogens is 1. The van der Waals surface area contributed by atoms with Crippen LogP contribution in [0, 0.1) is 5.95 Å². The highest BCUT2D eigenvalue weighted by atomic mass is 19.1. The van der Waals surface area contributed by atoms with Gasteiger partial charge in [0.1, 0.15) is 5.56 Å². The van der Waals surface area contributed by atoms with Gasteiger partial charge in [0.15, 0.2) is 0 Å². The lowest BCUT2D eigenvalue weighted by molar-refractivity contribution is 0.0690. The van der Waals surface area contributed by atoms with Gasteiger partial charge < -0.3 is 10.8 Å². The lowest BCUT2D eigenvalue weighted by Gasteiger charge is -1.98. The molecular weight excluding hydrogens is 199 g/mol. The molecule has 0 saturated carbocycles. The van der Waals surface area contributed by atoms with Crippen molar-refractivity contribution < 1.29 is 14.3 Å². The van der Waals surface area contributed by atoms with Crippen LogP contribution in [0.4, 0.5) is 4.39 Å². The van der Waals surface area contributed by atoms with Crippen molar-refractivity contribution >= 4 is 12.0 Å². The van der Waals surface area contributed by atoms with Gasteiger partial charge in [-0.1, -0.05) is 12.2 Å². The first-order valence-corrected chi connectivity index (χ1v) is 4.40. The van der Waals surface area contributed by atoms with E-state index in [0.717, 1.165) is 0 Å². The second-order valence-corrected chi connectivity index (χ2v) is 2.89. The van der Waals surface area contributed by atoms with Crippen LogP contribution in [0.15, 0.2) is 18.3 Å². The van der Waals surface area contributed by atoms with Gasteiger partial charge >= 0.3 is 5.97 Å². The van der Waals surface area contributed by atoms with Crippen molar-refractivity contribution in [2.45, 2.75) is 6.42 Å². The summed E-state index contributed by atoms with van der Waals surface area (Å²) in [5.41, 5.74) is 5.39. The van der Waals surface area contributed by atoms with Crippen molar-refractivity contribution in [1.29, 1.82) is 0 Å². The van der Waals surface area contributed by atoms with Gasteiger partial charge in [-0.15, -0.1) is 0 Å². The first kappa shape index (κ1) is 11.3. The number of carboxylic acids is 1. The Morgan fingerprint density at radius 3 is 3.00 bits per heavy atom. The number of rotatable bonds is 4. The van der Waals surface area contributed by atoms with E-state index in [1.165, 1.54) is 12.3 Å². The number of aromatic carboxylic acids is 1. The summed E-state index contributed by atoms with van der Waals surface area (Å²) in [6.45, 7) is 0.511. The quantitative estimate of drug-likeness (QED) is 0.734. The van der Waals surface area contributed by atoms with Gasteiger partial charge in [0.25, 0.3) is 0 Å². The van der Waals surface area contributed by atoms with E-state index in [4.69, 9.17) is 10.8 Å². The Kier molecular flexibility index (Phi) is 3.93. The summed E-state index contributed by atoms with van der Waals surface area (Å²) >= 11 is 0. The summed E-state index contributed by atoms with van der Waals surface area (Å²) in [4.78, 5) is 13.9. The molecule has 15 heavy (non-hydrogen) atoms. The Hall–Kier alpha value is -1.75. The summed E-state index contributed by atoms with van der Waals surface area (Å²) in [6, 6.07) is 1.23. The van der Waals surface area contributed by atoms with Crippen LogP contribution in [-0.4, -0.2) is 22.6 Å². The number of aromatic nitrogens is 1. The van der Waals surface area contributed by atoms with E-state index in [-0.39, 0.29) is 0 Å². The third-order valence-electron chi connectivity index (χ3n) is 1.73. The van der Waals surface area contributed by atoms with Crippen LogP contribution in [-0.2, 0) is 0 Å². The molecule has 0 amide bonds. The van der Waals surface area contributed by atoms with Crippen LogP contribution < -0.4 is 5.73 Å². The van der Waals surface area contributed by atoms with E-state index in [9.17, 15) is 9.18 Å². The van der Waals surface area contributed by atoms with Gasteiger partial charge in [0, 0.05) is 6.20 Å². The maximum absolute atomic E-state index is 12.9. The molecule has 0 atom stereocenters. The average Bonchev–Trinajstić information content (AvgIpc) is 2.20. The maximum atomic E-state index is 12.9. The van der Waals surface area contributed by atoms with E-state index in [1.54, 1.807) is 12.2 Å². The highest BCUT2D eigenvalue weighted by Gasteiger charge is 2.10. The molecule has 0 saturated heterocycles. The standard InChI is InChI=1S/C10H11FN2O2/c11-9-8(10(14)15)5-7(6-13-9)3-1-2-4-12/h1,3,5-6H,2,4,12H2,(H,14,15). The SMILES string of the molecule is NCCC=Cc1cnc(F)c(C(=O)O)c1. The van der Waals surface area contributed by atoms with Crippen molar-refractivity contribution in [2.24, 2.45) is 5.73 Å². The minimum Gasteiger partial charge on any atom is -0.478 e. The Bertz CT molecular complexity index is 391. The van der Waals surface area contributed by atoms with Gasteiger partial charge in [-0.05, 0) is 24.6 Å². The smallest absolute Gasteiger partial charge is 0.340 e. The number of carbonyl (C=O) groups is 1. The molecule has 0 aliphatic heterocycles. The van der Waals surface area contributed by atoms with Gasteiger partial charge in [0.2, 0.25) is 5.95 Å². The van der Waals surface area contributed by atoms with Crippen LogP contribution in [0.2, 0.25) is 0 Å². The summed E-state index contributed by atoms with van der Waals surface area (Å²) in [7, 11) is 0. The molecule has 0 aliphatic rings. The predicted octanol–water partition coefficient (Wildman–Crippen LogP) is 1.28. The summed E-state index contributed by atoms with van der Waals surface area (Å²) in [6.07, 6.45) is 5.39. The molecule has 0 aliphatic carbocycles. The molecule has 1 aromatic heterocycles. The number of hydrogen-bond acceptors (Lipinski definition) is 3. The van der Waals surface area contributed by atoms with Crippen LogP contribution in [0.5, 0.6) is 0 Å². The molecule has 4 nitrogen and oxygen atoms in total. The molecule has 3 N–H and O–H groups in total. The van der Waals surface area contributed by atoms with E-state index in [0.29, 0.717) is 18.5 Å². The average molecular weight is 210 g/mol. The normalized spacial score (nSPS) is 10.8. The number of nitrogens with two attached hydrogens (primary N) is 1. The Morgan fingerprint density at radius 1 is 1.67 bits per heavy atom. The largest absolute Gasteiger partial charge is 0.478 e. The molecule has 1 rings (SSSR count). The zero-order valence-corrected chi connectivity index (χ0v) is 7.98. The summed E-state index contributed by atoms with van der Waals surface area (Å²) < 4.78 is 12.9. The molecule has 0 bridgehead atoms. The van der Waals surface area contributed by atoms with Crippen LogP contribution >= 0.6 is 0 Å². The monoisotopic (exact) mass is 210 g/mol. The van der Waals surface area contributed by atoms with Crippen LogP contribution in [0.25, 0.3) is 6.08 Å². The number of pyridine rings is 1. The lowest BCUT2D eigenvalue weighted by atomic mass is 10.2. The van der Waals surface area contributed by atoms with Crippen molar-refractivity contribution in [3.63, 3.8) is 0 Å². The molecule has 5 heteroatoms. The Labute approximate surface area is 86.2 Å². The van der Waals surface area contributed by atoms with Gasteiger partial charge in [0.05, 0.1) is 0 Å². The molecule has 80 valence electrons. The fourth-order valence-electron chi connectivity index (χ4n) is 1.02. The van der Waals surface area contributed by atoms with Gasteiger partial charge in [-0.3, -0.25) is 0 Å². The number of nitrogens with zero attached hydrogens (tertiary/aromatic N) is 1. The first-order valence-electron chi connectivity index (χ1n) is 4.40. The fraction of sp³-hybridized carbons (Fsp3) is 0.200. The molecule has 1 heterocycles. The zero-order chi connectivity index (χ0) is 11.3. The second-order valence-electron chi connectivity index (χ2n) is 2.89. The highest BCUT2D eigenvalue weighted by molar-refractivity contribution is 5.88. The molecule has 0 aromatic carbocycles. The van der Waals surface area contributed by atoms with Crippen molar-refractivity contribution in [1.82, 2.24) is 4.98 Å². The minimum atomic E-state index is -1.32. The number of carboxylic acid groups (broad SMARTS) is 1. The zero-order valence-electron chi connectivity index (χ0n) is 7.98. The van der Waals surface area contributed by atoms with Crippen LogP contribution in [0.3, 0.4) is 0 Å². The molecule has 0 spiro atoms. The fourth-order valence-corrected chi connectivity index (χ4v) is 1.02. The van der Waals surface area contributed by atoms with Gasteiger partial charge in [-0.25, -0.2) is 9.78 Å². The lowest BCUT2D eigenvalue weighted by Crippen LogP contribution is -2.02. The third kappa shape index (κ3) is 3.14. The maximum Gasteiger partial charge on any atom is 0.340 e. The van der Waals surface area contributed by atoms with E-state index < -0.39 is 17.5 Å². The molecule has 0 radical (unpaired) electrons. The third-order valence-corrected chi connectivity index (χ3v) is 1.73.